The highest BCUT2D eigenvalue weighted by Crippen LogP contribution is 2.33. The van der Waals surface area contributed by atoms with Crippen LogP contribution < -0.4 is 4.90 Å². The molecule has 0 aliphatic carbocycles. The second kappa shape index (κ2) is 7.92. The molecule has 0 saturated heterocycles. The second-order valence-corrected chi connectivity index (χ2v) is 7.14. The summed E-state index contributed by atoms with van der Waals surface area (Å²) in [7, 11) is 0. The molecule has 0 bridgehead atoms. The lowest BCUT2D eigenvalue weighted by atomic mass is 10.3. The summed E-state index contributed by atoms with van der Waals surface area (Å²) in [6, 6.07) is 9.32. The maximum atomic E-state index is 14.0. The Labute approximate surface area is 156 Å². The van der Waals surface area contributed by atoms with Crippen LogP contribution in [0.5, 0.6) is 0 Å². The minimum atomic E-state index is -0.637. The van der Waals surface area contributed by atoms with E-state index in [4.69, 9.17) is 0 Å². The van der Waals surface area contributed by atoms with Crippen LogP contribution >= 0.6 is 23.1 Å². The summed E-state index contributed by atoms with van der Waals surface area (Å²) in [6.07, 6.45) is 0. The molecule has 1 amide bonds. The van der Waals surface area contributed by atoms with Gasteiger partial charge in [0.25, 0.3) is 0 Å². The number of para-hydroxylation sites is 1. The molecule has 0 spiro atoms. The van der Waals surface area contributed by atoms with Crippen molar-refractivity contribution >= 4 is 39.8 Å². The van der Waals surface area contributed by atoms with Crippen LogP contribution in [0.2, 0.25) is 0 Å². The van der Waals surface area contributed by atoms with Crippen molar-refractivity contribution in [2.45, 2.75) is 17.6 Å². The van der Waals surface area contributed by atoms with E-state index in [9.17, 15) is 18.0 Å². The van der Waals surface area contributed by atoms with Gasteiger partial charge in [-0.25, -0.2) is 18.2 Å². The predicted octanol–water partition coefficient (Wildman–Crippen LogP) is 5.54. The summed E-state index contributed by atoms with van der Waals surface area (Å²) >= 11 is 2.36. The molecular formula is C18H13F3N2OS2. The number of benzene rings is 2. The van der Waals surface area contributed by atoms with Gasteiger partial charge in [-0.2, -0.15) is 0 Å². The summed E-state index contributed by atoms with van der Waals surface area (Å²) < 4.78 is 40.7. The lowest BCUT2D eigenvalue weighted by Crippen LogP contribution is -2.23. The number of carbonyl (C=O) groups excluding carboxylic acids is 1. The number of halogens is 3. The number of aromatic nitrogens is 1. The van der Waals surface area contributed by atoms with Crippen LogP contribution in [0.4, 0.5) is 24.0 Å². The minimum Gasteiger partial charge on any atom is -0.274 e. The van der Waals surface area contributed by atoms with E-state index in [-0.39, 0.29) is 11.6 Å². The standard InChI is InChI=1S/C18H13F3N2OS2/c1-11(24)23(16-5-3-2-4-14(16)20)18-22-13(10-26-18)9-25-17-7-6-12(19)8-15(17)21/h2-8,10H,9H2,1H3. The van der Waals surface area contributed by atoms with E-state index < -0.39 is 17.5 Å². The van der Waals surface area contributed by atoms with Gasteiger partial charge in [0.2, 0.25) is 5.91 Å². The van der Waals surface area contributed by atoms with Gasteiger partial charge in [-0.15, -0.1) is 23.1 Å². The van der Waals surface area contributed by atoms with E-state index >= 15 is 0 Å². The van der Waals surface area contributed by atoms with Gasteiger partial charge < -0.3 is 0 Å². The third-order valence-corrected chi connectivity index (χ3v) is 5.37. The van der Waals surface area contributed by atoms with Gasteiger partial charge in [0, 0.05) is 29.0 Å². The Hall–Kier alpha value is -2.32. The number of hydrogen-bond acceptors (Lipinski definition) is 4. The van der Waals surface area contributed by atoms with Crippen LogP contribution in [0.1, 0.15) is 12.6 Å². The summed E-state index contributed by atoms with van der Waals surface area (Å²) in [5.74, 6) is -1.83. The largest absolute Gasteiger partial charge is 0.274 e. The number of amides is 1. The molecule has 0 fully saturated rings. The average molecular weight is 394 g/mol. The molecule has 26 heavy (non-hydrogen) atoms. The fourth-order valence-electron chi connectivity index (χ4n) is 2.25. The predicted molar refractivity (Wildman–Crippen MR) is 97.3 cm³/mol. The molecule has 0 atom stereocenters. The van der Waals surface area contributed by atoms with Crippen molar-refractivity contribution in [3.8, 4) is 0 Å². The number of hydrogen-bond donors (Lipinski definition) is 0. The fraction of sp³-hybridized carbons (Fsp3) is 0.111. The number of rotatable bonds is 5. The van der Waals surface area contributed by atoms with Gasteiger partial charge in [0.15, 0.2) is 5.13 Å². The molecule has 0 aliphatic rings. The Morgan fingerprint density at radius 3 is 2.62 bits per heavy atom. The van der Waals surface area contributed by atoms with Gasteiger partial charge >= 0.3 is 0 Å². The molecule has 8 heteroatoms. The quantitative estimate of drug-likeness (QED) is 0.533. The van der Waals surface area contributed by atoms with E-state index in [1.807, 2.05) is 0 Å². The van der Waals surface area contributed by atoms with Crippen molar-refractivity contribution in [2.75, 3.05) is 4.90 Å². The first-order valence-corrected chi connectivity index (χ1v) is 9.39. The third kappa shape index (κ3) is 4.08. The normalized spacial score (nSPS) is 10.8. The first-order chi connectivity index (χ1) is 12.5. The molecule has 0 radical (unpaired) electrons. The molecule has 0 saturated carbocycles. The third-order valence-electron chi connectivity index (χ3n) is 3.41. The molecule has 0 aliphatic heterocycles. The molecule has 2 aromatic carbocycles. The zero-order chi connectivity index (χ0) is 18.7. The number of thioether (sulfide) groups is 1. The molecule has 3 rings (SSSR count). The van der Waals surface area contributed by atoms with Gasteiger partial charge in [-0.05, 0) is 24.3 Å². The van der Waals surface area contributed by atoms with E-state index in [1.54, 1.807) is 11.4 Å². The average Bonchev–Trinajstić information content (AvgIpc) is 3.04. The van der Waals surface area contributed by atoms with Crippen LogP contribution in [0.15, 0.2) is 52.7 Å². The monoisotopic (exact) mass is 394 g/mol. The highest BCUT2D eigenvalue weighted by molar-refractivity contribution is 7.98. The maximum absolute atomic E-state index is 14.0. The van der Waals surface area contributed by atoms with E-state index in [0.29, 0.717) is 21.5 Å². The van der Waals surface area contributed by atoms with Crippen LogP contribution in [-0.2, 0) is 10.5 Å². The first kappa shape index (κ1) is 18.5. The highest BCUT2D eigenvalue weighted by Gasteiger charge is 2.21. The lowest BCUT2D eigenvalue weighted by molar-refractivity contribution is -0.115. The minimum absolute atomic E-state index is 0.123. The zero-order valence-electron chi connectivity index (χ0n) is 13.6. The Bertz CT molecular complexity index is 946. The van der Waals surface area contributed by atoms with E-state index in [0.717, 1.165) is 6.07 Å². The summed E-state index contributed by atoms with van der Waals surface area (Å²) in [4.78, 5) is 17.9. The van der Waals surface area contributed by atoms with E-state index in [2.05, 4.69) is 4.98 Å². The second-order valence-electron chi connectivity index (χ2n) is 5.29. The maximum Gasteiger partial charge on any atom is 0.230 e. The van der Waals surface area contributed by atoms with Gasteiger partial charge in [0.1, 0.15) is 17.5 Å². The van der Waals surface area contributed by atoms with Crippen LogP contribution in [-0.4, -0.2) is 10.9 Å². The van der Waals surface area contributed by atoms with Crippen molar-refractivity contribution in [3.05, 3.63) is 71.0 Å². The molecule has 1 heterocycles. The Balaban J connectivity index is 1.79. The summed E-state index contributed by atoms with van der Waals surface area (Å²) in [6.45, 7) is 1.33. The summed E-state index contributed by atoms with van der Waals surface area (Å²) in [5.41, 5.74) is 0.736. The number of nitrogens with zero attached hydrogens (tertiary/aromatic N) is 2. The van der Waals surface area contributed by atoms with Gasteiger partial charge in [0.05, 0.1) is 11.4 Å². The molecule has 3 nitrogen and oxygen atoms in total. The van der Waals surface area contributed by atoms with Crippen molar-refractivity contribution in [3.63, 3.8) is 0 Å². The van der Waals surface area contributed by atoms with Gasteiger partial charge in [-0.3, -0.25) is 9.69 Å². The lowest BCUT2D eigenvalue weighted by Gasteiger charge is -2.18. The topological polar surface area (TPSA) is 33.2 Å². The van der Waals surface area contributed by atoms with Crippen LogP contribution in [0.3, 0.4) is 0 Å². The van der Waals surface area contributed by atoms with Gasteiger partial charge in [-0.1, -0.05) is 12.1 Å². The number of carbonyl (C=O) groups is 1. The number of anilines is 2. The van der Waals surface area contributed by atoms with Crippen molar-refractivity contribution in [2.24, 2.45) is 0 Å². The van der Waals surface area contributed by atoms with Crippen LogP contribution in [0.25, 0.3) is 0 Å². The molecule has 0 N–H and O–H groups in total. The molecule has 134 valence electrons. The zero-order valence-corrected chi connectivity index (χ0v) is 15.2. The van der Waals surface area contributed by atoms with Crippen molar-refractivity contribution in [1.29, 1.82) is 0 Å². The first-order valence-electron chi connectivity index (χ1n) is 7.53. The molecule has 1 aromatic heterocycles. The molecule has 3 aromatic rings. The van der Waals surface area contributed by atoms with E-state index in [1.165, 1.54) is 65.3 Å². The van der Waals surface area contributed by atoms with Crippen molar-refractivity contribution < 1.29 is 18.0 Å². The molecular weight excluding hydrogens is 381 g/mol. The van der Waals surface area contributed by atoms with Crippen LogP contribution in [0, 0.1) is 17.5 Å². The SMILES string of the molecule is CC(=O)N(c1nc(CSc2ccc(F)cc2F)cs1)c1ccccc1F. The molecule has 0 unspecified atom stereocenters. The Kier molecular flexibility index (Phi) is 5.63. The van der Waals surface area contributed by atoms with Crippen molar-refractivity contribution in [1.82, 2.24) is 4.98 Å². The smallest absolute Gasteiger partial charge is 0.230 e. The Morgan fingerprint density at radius 2 is 1.92 bits per heavy atom. The Morgan fingerprint density at radius 1 is 1.15 bits per heavy atom. The fourth-order valence-corrected chi connectivity index (χ4v) is 4.05. The number of thiazole rings is 1. The summed E-state index contributed by atoms with van der Waals surface area (Å²) in [5, 5.41) is 2.05. The highest BCUT2D eigenvalue weighted by atomic mass is 32.2.